The summed E-state index contributed by atoms with van der Waals surface area (Å²) >= 11 is 5.86. The molecule has 17 heavy (non-hydrogen) atoms. The summed E-state index contributed by atoms with van der Waals surface area (Å²) in [6, 6.07) is 5.20. The van der Waals surface area contributed by atoms with Gasteiger partial charge in [-0.2, -0.15) is 0 Å². The molecule has 0 fully saturated rings. The average Bonchev–Trinajstić information content (AvgIpc) is 2.55. The Labute approximate surface area is 103 Å². The fraction of sp³-hybridized carbons (Fsp3) is 0.167. The normalized spacial score (nSPS) is 10.4. The molecule has 0 aliphatic rings. The van der Waals surface area contributed by atoms with Crippen LogP contribution in [0.2, 0.25) is 5.02 Å². The largest absolute Gasteiger partial charge is 0.481 e. The number of rotatable bonds is 3. The Balaban J connectivity index is 2.61. The molecule has 1 heterocycles. The highest BCUT2D eigenvalue weighted by molar-refractivity contribution is 6.31. The molecule has 0 atom stereocenters. The number of imidazole rings is 1. The van der Waals surface area contributed by atoms with Gasteiger partial charge in [0.05, 0.1) is 17.6 Å². The maximum absolute atomic E-state index is 10.7. The molecule has 0 bridgehead atoms. The Hall–Kier alpha value is -1.99. The molecule has 86 valence electrons. The number of nitrogens with zero attached hydrogens (tertiary/aromatic N) is 2. The van der Waals surface area contributed by atoms with E-state index >= 15 is 0 Å². The number of carbonyl (C=O) groups is 1. The summed E-state index contributed by atoms with van der Waals surface area (Å²) in [7, 11) is 0. The zero-order valence-electron chi connectivity index (χ0n) is 8.85. The van der Waals surface area contributed by atoms with Crippen molar-refractivity contribution in [2.75, 3.05) is 0 Å². The summed E-state index contributed by atoms with van der Waals surface area (Å²) in [5, 5.41) is 9.37. The van der Waals surface area contributed by atoms with Crippen molar-refractivity contribution in [1.29, 1.82) is 0 Å². The third kappa shape index (κ3) is 2.24. The van der Waals surface area contributed by atoms with Gasteiger partial charge in [-0.3, -0.25) is 4.79 Å². The molecule has 1 aromatic heterocycles. The van der Waals surface area contributed by atoms with Crippen LogP contribution in [0.1, 0.15) is 5.82 Å². The van der Waals surface area contributed by atoms with Crippen molar-refractivity contribution in [3.63, 3.8) is 0 Å². The summed E-state index contributed by atoms with van der Waals surface area (Å²) in [5.74, 6) is 1.99. The first-order chi connectivity index (χ1) is 8.11. The van der Waals surface area contributed by atoms with Crippen LogP contribution in [0.4, 0.5) is 0 Å². The smallest absolute Gasteiger partial charge is 0.311 e. The number of aliphatic carboxylic acids is 1. The van der Waals surface area contributed by atoms with Crippen LogP contribution < -0.4 is 0 Å². The van der Waals surface area contributed by atoms with Gasteiger partial charge in [-0.25, -0.2) is 4.98 Å². The molecule has 0 unspecified atom stereocenters. The fourth-order valence-corrected chi connectivity index (χ4v) is 1.86. The van der Waals surface area contributed by atoms with E-state index in [2.05, 4.69) is 10.9 Å². The monoisotopic (exact) mass is 248 g/mol. The highest BCUT2D eigenvalue weighted by atomic mass is 35.5. The number of carboxylic acids is 1. The molecule has 0 saturated heterocycles. The molecule has 0 spiro atoms. The minimum absolute atomic E-state index is 0.159. The second-order valence-corrected chi connectivity index (χ2v) is 3.96. The molecule has 5 heteroatoms. The van der Waals surface area contributed by atoms with Crippen LogP contribution in [0.3, 0.4) is 0 Å². The number of benzene rings is 1. The number of hydrogen-bond acceptors (Lipinski definition) is 2. The second kappa shape index (κ2) is 4.48. The molecule has 0 aliphatic carbocycles. The lowest BCUT2D eigenvalue weighted by Gasteiger charge is -2.02. The average molecular weight is 249 g/mol. The Bertz CT molecular complexity index is 625. The Morgan fingerprint density at radius 3 is 3.00 bits per heavy atom. The van der Waals surface area contributed by atoms with E-state index in [9.17, 15) is 4.79 Å². The predicted octanol–water partition coefficient (Wildman–Crippen LogP) is 1.95. The van der Waals surface area contributed by atoms with Gasteiger partial charge >= 0.3 is 5.97 Å². The number of hydrogen-bond donors (Lipinski definition) is 1. The maximum atomic E-state index is 10.7. The first kappa shape index (κ1) is 11.5. The van der Waals surface area contributed by atoms with Gasteiger partial charge in [0.25, 0.3) is 0 Å². The van der Waals surface area contributed by atoms with Crippen molar-refractivity contribution in [3.8, 4) is 12.3 Å². The molecule has 0 amide bonds. The SMILES string of the molecule is C#CCn1c(CC(=O)O)nc2cc(Cl)ccc21. The lowest BCUT2D eigenvalue weighted by atomic mass is 10.3. The van der Waals surface area contributed by atoms with E-state index in [4.69, 9.17) is 23.1 Å². The molecular weight excluding hydrogens is 240 g/mol. The van der Waals surface area contributed by atoms with Crippen molar-refractivity contribution >= 4 is 28.6 Å². The summed E-state index contributed by atoms with van der Waals surface area (Å²) in [6.07, 6.45) is 5.11. The summed E-state index contributed by atoms with van der Waals surface area (Å²) in [6.45, 7) is 0.292. The van der Waals surface area contributed by atoms with Crippen molar-refractivity contribution in [3.05, 3.63) is 29.0 Å². The van der Waals surface area contributed by atoms with Crippen LogP contribution in [0.25, 0.3) is 11.0 Å². The first-order valence-corrected chi connectivity index (χ1v) is 5.29. The molecule has 2 rings (SSSR count). The molecule has 4 nitrogen and oxygen atoms in total. The molecule has 0 aliphatic heterocycles. The summed E-state index contributed by atoms with van der Waals surface area (Å²) in [4.78, 5) is 15.0. The first-order valence-electron chi connectivity index (χ1n) is 4.91. The van der Waals surface area contributed by atoms with E-state index in [1.165, 1.54) is 0 Å². The van der Waals surface area contributed by atoms with Crippen LogP contribution in [-0.4, -0.2) is 20.6 Å². The number of terminal acetylenes is 1. The van der Waals surface area contributed by atoms with Crippen LogP contribution >= 0.6 is 11.6 Å². The predicted molar refractivity (Wildman–Crippen MR) is 64.9 cm³/mol. The fourth-order valence-electron chi connectivity index (χ4n) is 1.69. The van der Waals surface area contributed by atoms with Gasteiger partial charge in [-0.15, -0.1) is 6.42 Å². The van der Waals surface area contributed by atoms with Gasteiger partial charge in [0.2, 0.25) is 0 Å². The highest BCUT2D eigenvalue weighted by Crippen LogP contribution is 2.20. The van der Waals surface area contributed by atoms with Gasteiger partial charge in [-0.1, -0.05) is 17.5 Å². The minimum Gasteiger partial charge on any atom is -0.481 e. The van der Waals surface area contributed by atoms with E-state index in [-0.39, 0.29) is 6.42 Å². The van der Waals surface area contributed by atoms with Gasteiger partial charge in [0.1, 0.15) is 12.2 Å². The van der Waals surface area contributed by atoms with Crippen molar-refractivity contribution in [1.82, 2.24) is 9.55 Å². The van der Waals surface area contributed by atoms with Crippen LogP contribution in [-0.2, 0) is 17.8 Å². The Morgan fingerprint density at radius 1 is 1.59 bits per heavy atom. The molecule has 0 saturated carbocycles. The van der Waals surface area contributed by atoms with Gasteiger partial charge < -0.3 is 9.67 Å². The minimum atomic E-state index is -0.940. The Morgan fingerprint density at radius 2 is 2.35 bits per heavy atom. The maximum Gasteiger partial charge on any atom is 0.311 e. The molecule has 1 N–H and O–H groups in total. The molecular formula is C12H9ClN2O2. The Kier molecular flexibility index (Phi) is 3.03. The quantitative estimate of drug-likeness (QED) is 0.845. The van der Waals surface area contributed by atoms with Crippen molar-refractivity contribution in [2.24, 2.45) is 0 Å². The van der Waals surface area contributed by atoms with E-state index in [1.54, 1.807) is 22.8 Å². The van der Waals surface area contributed by atoms with Gasteiger partial charge in [0.15, 0.2) is 0 Å². The second-order valence-electron chi connectivity index (χ2n) is 3.52. The van der Waals surface area contributed by atoms with E-state index in [0.29, 0.717) is 22.9 Å². The zero-order chi connectivity index (χ0) is 12.4. The molecule has 1 aromatic carbocycles. The number of carboxylic acid groups (broad SMARTS) is 1. The molecule has 0 radical (unpaired) electrons. The van der Waals surface area contributed by atoms with E-state index in [1.807, 2.05) is 0 Å². The van der Waals surface area contributed by atoms with Crippen LogP contribution in [0.5, 0.6) is 0 Å². The summed E-state index contributed by atoms with van der Waals surface area (Å²) in [5.41, 5.74) is 1.45. The van der Waals surface area contributed by atoms with Crippen molar-refractivity contribution < 1.29 is 9.90 Å². The topological polar surface area (TPSA) is 55.1 Å². The number of aromatic nitrogens is 2. The van der Waals surface area contributed by atoms with E-state index in [0.717, 1.165) is 5.52 Å². The highest BCUT2D eigenvalue weighted by Gasteiger charge is 2.12. The van der Waals surface area contributed by atoms with Gasteiger partial charge in [-0.05, 0) is 18.2 Å². The van der Waals surface area contributed by atoms with Gasteiger partial charge in [0, 0.05) is 5.02 Å². The number of halogens is 1. The third-order valence-electron chi connectivity index (χ3n) is 2.35. The van der Waals surface area contributed by atoms with Crippen molar-refractivity contribution in [2.45, 2.75) is 13.0 Å². The van der Waals surface area contributed by atoms with Crippen LogP contribution in [0, 0.1) is 12.3 Å². The summed E-state index contributed by atoms with van der Waals surface area (Å²) < 4.78 is 1.71. The lowest BCUT2D eigenvalue weighted by molar-refractivity contribution is -0.136. The van der Waals surface area contributed by atoms with Crippen LogP contribution in [0.15, 0.2) is 18.2 Å². The standard InChI is InChI=1S/C12H9ClN2O2/c1-2-5-15-10-4-3-8(13)6-9(10)14-11(15)7-12(16)17/h1,3-4,6H,5,7H2,(H,16,17). The lowest BCUT2D eigenvalue weighted by Crippen LogP contribution is -2.08. The third-order valence-corrected chi connectivity index (χ3v) is 2.58. The number of fused-ring (bicyclic) bond motifs is 1. The van der Waals surface area contributed by atoms with E-state index < -0.39 is 5.97 Å². The molecule has 2 aromatic rings. The zero-order valence-corrected chi connectivity index (χ0v) is 9.61.